The van der Waals surface area contributed by atoms with Gasteiger partial charge in [0.25, 0.3) is 0 Å². The number of nitrogens with zero attached hydrogens (tertiary/aromatic N) is 5. The van der Waals surface area contributed by atoms with Crippen LogP contribution in [0.1, 0.15) is 0 Å². The Labute approximate surface area is 113 Å². The minimum atomic E-state index is -0.608. The summed E-state index contributed by atoms with van der Waals surface area (Å²) in [6.45, 7) is 0. The van der Waals surface area contributed by atoms with E-state index in [1.807, 2.05) is 0 Å². The number of hydrogen-bond acceptors (Lipinski definition) is 5. The second-order valence-corrected chi connectivity index (χ2v) is 4.21. The number of aromatic nitrogens is 3. The molecule has 1 fully saturated rings. The Bertz CT molecular complexity index is 608. The summed E-state index contributed by atoms with van der Waals surface area (Å²) in [6.07, 6.45) is 0. The molecule has 0 N–H and O–H groups in total. The van der Waals surface area contributed by atoms with Crippen LogP contribution < -0.4 is 17.1 Å². The molecule has 1 aliphatic heterocycles. The van der Waals surface area contributed by atoms with E-state index in [9.17, 15) is 24.0 Å². The highest BCUT2D eigenvalue weighted by atomic mass is 16.2. The SMILES string of the molecule is CN1C(=O)N(C)C1=O.Cn1c(=O)n(C)c(=O)n(C)c1=O. The Kier molecular flexibility index (Phi) is 3.97. The number of carbonyl (C=O) groups is 2. The van der Waals surface area contributed by atoms with Gasteiger partial charge in [0.2, 0.25) is 0 Å². The molecule has 1 aromatic rings. The summed E-state index contributed by atoms with van der Waals surface area (Å²) in [5.41, 5.74) is -1.82. The highest BCUT2D eigenvalue weighted by Gasteiger charge is 2.36. The van der Waals surface area contributed by atoms with Gasteiger partial charge in [0.1, 0.15) is 0 Å². The molecule has 10 nitrogen and oxygen atoms in total. The van der Waals surface area contributed by atoms with E-state index in [1.165, 1.54) is 35.2 Å². The monoisotopic (exact) mass is 285 g/mol. The Morgan fingerprint density at radius 3 is 0.850 bits per heavy atom. The van der Waals surface area contributed by atoms with E-state index in [0.717, 1.165) is 23.5 Å². The first-order valence-corrected chi connectivity index (χ1v) is 5.49. The fourth-order valence-electron chi connectivity index (χ4n) is 1.49. The van der Waals surface area contributed by atoms with Crippen LogP contribution in [0.2, 0.25) is 0 Å². The lowest BCUT2D eigenvalue weighted by Crippen LogP contribution is -2.59. The minimum absolute atomic E-state index is 0.241. The average molecular weight is 285 g/mol. The maximum Gasteiger partial charge on any atom is 0.335 e. The maximum atomic E-state index is 11.1. The van der Waals surface area contributed by atoms with Gasteiger partial charge < -0.3 is 0 Å². The normalized spacial score (nSPS) is 13.8. The molecule has 20 heavy (non-hydrogen) atoms. The fourth-order valence-corrected chi connectivity index (χ4v) is 1.49. The standard InChI is InChI=1S/C6H9N3O3.C4H6N2O2/c1-7-4(10)8(2)6(12)9(3)5(7)11;1-5-3(7)6(2)4(5)8/h1-3H3;1-2H3. The summed E-state index contributed by atoms with van der Waals surface area (Å²) >= 11 is 0. The molecule has 0 atom stereocenters. The van der Waals surface area contributed by atoms with E-state index < -0.39 is 17.1 Å². The van der Waals surface area contributed by atoms with Crippen LogP contribution in [0.15, 0.2) is 14.4 Å². The van der Waals surface area contributed by atoms with E-state index in [0.29, 0.717) is 0 Å². The Hall–Kier alpha value is -2.65. The maximum absolute atomic E-state index is 11.1. The predicted octanol–water partition coefficient (Wildman–Crippen LogP) is -2.11. The van der Waals surface area contributed by atoms with Crippen LogP contribution in [0.3, 0.4) is 0 Å². The summed E-state index contributed by atoms with van der Waals surface area (Å²) < 4.78 is 2.63. The zero-order chi connectivity index (χ0) is 15.8. The number of amides is 4. The van der Waals surface area contributed by atoms with Gasteiger partial charge in [-0.3, -0.25) is 0 Å². The van der Waals surface area contributed by atoms with E-state index in [-0.39, 0.29) is 12.1 Å². The van der Waals surface area contributed by atoms with Crippen LogP contribution in [0.4, 0.5) is 9.59 Å². The van der Waals surface area contributed by atoms with Crippen LogP contribution >= 0.6 is 0 Å². The molecule has 2 heterocycles. The minimum Gasteiger partial charge on any atom is -0.248 e. The third kappa shape index (κ3) is 2.27. The van der Waals surface area contributed by atoms with E-state index >= 15 is 0 Å². The lowest BCUT2D eigenvalue weighted by atomic mass is 10.5. The first-order chi connectivity index (χ1) is 9.11. The lowest BCUT2D eigenvalue weighted by Gasteiger charge is -2.32. The second kappa shape index (κ2) is 5.15. The summed E-state index contributed by atoms with van der Waals surface area (Å²) in [6, 6.07) is -0.481. The van der Waals surface area contributed by atoms with Crippen molar-refractivity contribution in [2.45, 2.75) is 0 Å². The molecule has 0 unspecified atom stereocenters. The van der Waals surface area contributed by atoms with Crippen molar-refractivity contribution in [2.75, 3.05) is 14.1 Å². The topological polar surface area (TPSA) is 107 Å². The quantitative estimate of drug-likeness (QED) is 0.542. The summed E-state index contributed by atoms with van der Waals surface area (Å²) in [4.78, 5) is 56.1. The van der Waals surface area contributed by atoms with Crippen molar-refractivity contribution in [3.63, 3.8) is 0 Å². The smallest absolute Gasteiger partial charge is 0.248 e. The average Bonchev–Trinajstić information content (AvgIpc) is 2.47. The van der Waals surface area contributed by atoms with Gasteiger partial charge >= 0.3 is 29.1 Å². The summed E-state index contributed by atoms with van der Waals surface area (Å²) in [5.74, 6) is 0. The zero-order valence-corrected chi connectivity index (χ0v) is 11.8. The van der Waals surface area contributed by atoms with E-state index in [1.54, 1.807) is 0 Å². The van der Waals surface area contributed by atoms with Crippen LogP contribution in [-0.4, -0.2) is 49.7 Å². The van der Waals surface area contributed by atoms with Gasteiger partial charge in [-0.15, -0.1) is 0 Å². The molecule has 0 radical (unpaired) electrons. The van der Waals surface area contributed by atoms with E-state index in [2.05, 4.69) is 0 Å². The Morgan fingerprint density at radius 1 is 0.500 bits per heavy atom. The Balaban J connectivity index is 0.000000217. The third-order valence-corrected chi connectivity index (χ3v) is 2.87. The molecule has 0 bridgehead atoms. The van der Waals surface area contributed by atoms with Crippen molar-refractivity contribution in [2.24, 2.45) is 21.1 Å². The number of rotatable bonds is 0. The van der Waals surface area contributed by atoms with Crippen molar-refractivity contribution < 1.29 is 9.59 Å². The third-order valence-electron chi connectivity index (χ3n) is 2.87. The van der Waals surface area contributed by atoms with Crippen LogP contribution in [0, 0.1) is 0 Å². The molecule has 1 saturated heterocycles. The van der Waals surface area contributed by atoms with E-state index in [4.69, 9.17) is 0 Å². The molecule has 2 rings (SSSR count). The predicted molar refractivity (Wildman–Crippen MR) is 68.5 cm³/mol. The molecule has 0 aromatic carbocycles. The van der Waals surface area contributed by atoms with Crippen molar-refractivity contribution in [3.8, 4) is 0 Å². The molecule has 0 saturated carbocycles. The van der Waals surface area contributed by atoms with Gasteiger partial charge in [0, 0.05) is 35.2 Å². The molecule has 10 heteroatoms. The van der Waals surface area contributed by atoms with Crippen LogP contribution in [0.5, 0.6) is 0 Å². The molecule has 4 amide bonds. The molecule has 0 spiro atoms. The van der Waals surface area contributed by atoms with Crippen LogP contribution in [-0.2, 0) is 21.1 Å². The van der Waals surface area contributed by atoms with Crippen molar-refractivity contribution in [3.05, 3.63) is 31.5 Å². The Morgan fingerprint density at radius 2 is 0.700 bits per heavy atom. The molecule has 0 aliphatic carbocycles. The molecule has 110 valence electrons. The summed E-state index contributed by atoms with van der Waals surface area (Å²) in [5, 5.41) is 0. The van der Waals surface area contributed by atoms with Crippen LogP contribution in [0.25, 0.3) is 0 Å². The van der Waals surface area contributed by atoms with Crippen molar-refractivity contribution in [1.29, 1.82) is 0 Å². The largest absolute Gasteiger partial charge is 0.335 e. The second-order valence-electron chi connectivity index (χ2n) is 4.21. The molecule has 1 aliphatic rings. The molecular weight excluding hydrogens is 270 g/mol. The van der Waals surface area contributed by atoms with Gasteiger partial charge in [-0.2, -0.15) is 0 Å². The van der Waals surface area contributed by atoms with Gasteiger partial charge in [-0.25, -0.2) is 47.5 Å². The zero-order valence-electron chi connectivity index (χ0n) is 11.8. The lowest BCUT2D eigenvalue weighted by molar-refractivity contribution is 0.125. The van der Waals surface area contributed by atoms with Gasteiger partial charge in [0.15, 0.2) is 0 Å². The summed E-state index contributed by atoms with van der Waals surface area (Å²) in [7, 11) is 6.87. The molecular formula is C10H15N5O5. The fraction of sp³-hybridized carbons (Fsp3) is 0.500. The number of urea groups is 2. The first-order valence-electron chi connectivity index (χ1n) is 5.49. The van der Waals surface area contributed by atoms with Gasteiger partial charge in [-0.05, 0) is 0 Å². The highest BCUT2D eigenvalue weighted by molar-refractivity contribution is 6.11. The van der Waals surface area contributed by atoms with Gasteiger partial charge in [0.05, 0.1) is 0 Å². The number of imide groups is 2. The van der Waals surface area contributed by atoms with Gasteiger partial charge in [-0.1, -0.05) is 0 Å². The molecule has 1 aromatic heterocycles. The first kappa shape index (κ1) is 15.4. The number of hydrogen-bond donors (Lipinski definition) is 0. The van der Waals surface area contributed by atoms with Crippen molar-refractivity contribution >= 4 is 12.1 Å². The highest BCUT2D eigenvalue weighted by Crippen LogP contribution is 2.08. The number of carbonyl (C=O) groups excluding carboxylic acids is 2. The van der Waals surface area contributed by atoms with Crippen molar-refractivity contribution in [1.82, 2.24) is 23.5 Å².